The van der Waals surface area contributed by atoms with Gasteiger partial charge in [0.15, 0.2) is 0 Å². The van der Waals surface area contributed by atoms with Crippen molar-refractivity contribution in [3.63, 3.8) is 0 Å². The lowest BCUT2D eigenvalue weighted by atomic mass is 9.91. The molecule has 0 saturated carbocycles. The van der Waals surface area contributed by atoms with E-state index < -0.39 is 0 Å². The molecule has 1 nitrogen and oxygen atoms in total. The number of rotatable bonds is 3. The molecule has 0 aromatic heterocycles. The van der Waals surface area contributed by atoms with Gasteiger partial charge in [-0.2, -0.15) is 0 Å². The zero-order valence-electron chi connectivity index (χ0n) is 8.06. The molecule has 0 bridgehead atoms. The predicted octanol–water partition coefficient (Wildman–Crippen LogP) is 2.65. The van der Waals surface area contributed by atoms with Crippen LogP contribution in [-0.2, 0) is 0 Å². The zero-order chi connectivity index (χ0) is 9.80. The molecule has 0 amide bonds. The van der Waals surface area contributed by atoms with Crippen molar-refractivity contribution in [2.75, 3.05) is 6.61 Å². The van der Waals surface area contributed by atoms with Gasteiger partial charge >= 0.3 is 0 Å². The highest BCUT2D eigenvalue weighted by molar-refractivity contribution is 5.35. The van der Waals surface area contributed by atoms with Gasteiger partial charge in [0, 0.05) is 5.92 Å². The molecule has 0 radical (unpaired) electrons. The van der Waals surface area contributed by atoms with Crippen LogP contribution in [0, 0.1) is 0 Å². The highest BCUT2D eigenvalue weighted by Crippen LogP contribution is 2.28. The Morgan fingerprint density at radius 3 is 2.57 bits per heavy atom. The maximum Gasteiger partial charge on any atom is 0.0537 e. The van der Waals surface area contributed by atoms with Crippen molar-refractivity contribution < 1.29 is 5.11 Å². The second-order valence-corrected chi connectivity index (χ2v) is 3.52. The average molecular weight is 186 g/mol. The fourth-order valence-electron chi connectivity index (χ4n) is 1.84. The summed E-state index contributed by atoms with van der Waals surface area (Å²) >= 11 is 0. The lowest BCUT2D eigenvalue weighted by Gasteiger charge is -2.15. The summed E-state index contributed by atoms with van der Waals surface area (Å²) in [5.74, 6) is 0.172. The molecule has 0 aliphatic heterocycles. The van der Waals surface area contributed by atoms with Gasteiger partial charge in [-0.15, -0.1) is 0 Å². The normalized spacial score (nSPS) is 16.8. The van der Waals surface area contributed by atoms with E-state index >= 15 is 0 Å². The van der Waals surface area contributed by atoms with Crippen LogP contribution in [0.4, 0.5) is 0 Å². The molecule has 0 unspecified atom stereocenters. The van der Waals surface area contributed by atoms with Gasteiger partial charge in [-0.05, 0) is 12.0 Å². The van der Waals surface area contributed by atoms with Gasteiger partial charge in [-0.3, -0.25) is 0 Å². The van der Waals surface area contributed by atoms with Gasteiger partial charge in [0.2, 0.25) is 0 Å². The van der Waals surface area contributed by atoms with E-state index in [1.807, 2.05) is 18.2 Å². The van der Waals surface area contributed by atoms with Crippen molar-refractivity contribution in [3.05, 3.63) is 59.7 Å². The van der Waals surface area contributed by atoms with Gasteiger partial charge in [-0.1, -0.05) is 54.1 Å². The summed E-state index contributed by atoms with van der Waals surface area (Å²) in [5.41, 5.74) is 2.50. The van der Waals surface area contributed by atoms with Crippen LogP contribution in [0.1, 0.15) is 17.9 Å². The third-order valence-corrected chi connectivity index (χ3v) is 2.63. The first kappa shape index (κ1) is 9.22. The van der Waals surface area contributed by atoms with Crippen molar-refractivity contribution in [2.45, 2.75) is 12.3 Å². The highest BCUT2D eigenvalue weighted by atomic mass is 16.3. The molecule has 1 aliphatic rings. The van der Waals surface area contributed by atoms with Gasteiger partial charge in [0.25, 0.3) is 0 Å². The van der Waals surface area contributed by atoms with Crippen LogP contribution in [0.25, 0.3) is 0 Å². The molecule has 14 heavy (non-hydrogen) atoms. The first-order valence-electron chi connectivity index (χ1n) is 4.93. The maximum absolute atomic E-state index is 9.37. The Morgan fingerprint density at radius 2 is 2.00 bits per heavy atom. The van der Waals surface area contributed by atoms with Crippen molar-refractivity contribution in [2.24, 2.45) is 0 Å². The third kappa shape index (κ3) is 1.78. The van der Waals surface area contributed by atoms with Crippen LogP contribution in [-0.4, -0.2) is 11.7 Å². The minimum absolute atomic E-state index is 0.172. The van der Waals surface area contributed by atoms with E-state index in [0.717, 1.165) is 6.42 Å². The van der Waals surface area contributed by atoms with E-state index in [0.29, 0.717) is 0 Å². The van der Waals surface area contributed by atoms with E-state index in [1.165, 1.54) is 11.1 Å². The molecule has 1 aliphatic carbocycles. The number of hydrogen-bond donors (Lipinski definition) is 1. The second-order valence-electron chi connectivity index (χ2n) is 3.52. The van der Waals surface area contributed by atoms with Crippen LogP contribution in [0.2, 0.25) is 0 Å². The standard InChI is InChI=1S/C13H14O/c14-10-13(12-8-4-5-9-12)11-6-2-1-3-7-11/h1-8,13-14H,9-10H2/t13-/m1/s1. The molecular formula is C13H14O. The number of benzene rings is 1. The van der Waals surface area contributed by atoms with Crippen molar-refractivity contribution in [1.82, 2.24) is 0 Å². The SMILES string of the molecule is OC[C@@H](C1=CC=CC1)c1ccccc1. The Bertz CT molecular complexity index is 349. The van der Waals surface area contributed by atoms with Gasteiger partial charge < -0.3 is 5.11 Å². The molecule has 2 rings (SSSR count). The van der Waals surface area contributed by atoms with Crippen LogP contribution in [0.5, 0.6) is 0 Å². The number of aliphatic hydroxyl groups is 1. The molecule has 0 spiro atoms. The lowest BCUT2D eigenvalue weighted by Crippen LogP contribution is -2.06. The average Bonchev–Trinajstić information content (AvgIpc) is 2.74. The van der Waals surface area contributed by atoms with E-state index in [9.17, 15) is 5.11 Å². The molecule has 72 valence electrons. The fourth-order valence-corrected chi connectivity index (χ4v) is 1.84. The smallest absolute Gasteiger partial charge is 0.0537 e. The minimum atomic E-state index is 0.172. The van der Waals surface area contributed by atoms with E-state index in [4.69, 9.17) is 0 Å². The van der Waals surface area contributed by atoms with Crippen molar-refractivity contribution in [3.8, 4) is 0 Å². The topological polar surface area (TPSA) is 20.2 Å². The predicted molar refractivity (Wildman–Crippen MR) is 58.1 cm³/mol. The first-order valence-corrected chi connectivity index (χ1v) is 4.93. The summed E-state index contributed by atoms with van der Waals surface area (Å²) in [4.78, 5) is 0. The molecule has 1 heteroatoms. The lowest BCUT2D eigenvalue weighted by molar-refractivity contribution is 0.278. The minimum Gasteiger partial charge on any atom is -0.395 e. The zero-order valence-corrected chi connectivity index (χ0v) is 8.06. The Hall–Kier alpha value is -1.34. The Morgan fingerprint density at radius 1 is 1.21 bits per heavy atom. The van der Waals surface area contributed by atoms with Gasteiger partial charge in [0.1, 0.15) is 0 Å². The van der Waals surface area contributed by atoms with Gasteiger partial charge in [0.05, 0.1) is 6.61 Å². The fraction of sp³-hybridized carbons (Fsp3) is 0.231. The second kappa shape index (κ2) is 4.25. The molecule has 0 heterocycles. The maximum atomic E-state index is 9.37. The Kier molecular flexibility index (Phi) is 2.80. The summed E-state index contributed by atoms with van der Waals surface area (Å²) in [5, 5.41) is 9.37. The number of allylic oxidation sites excluding steroid dienone is 3. The number of aliphatic hydroxyl groups excluding tert-OH is 1. The molecule has 0 saturated heterocycles. The van der Waals surface area contributed by atoms with E-state index in [1.54, 1.807) is 0 Å². The quantitative estimate of drug-likeness (QED) is 0.769. The van der Waals surface area contributed by atoms with E-state index in [2.05, 4.69) is 30.4 Å². The summed E-state index contributed by atoms with van der Waals surface area (Å²) < 4.78 is 0. The van der Waals surface area contributed by atoms with Crippen LogP contribution < -0.4 is 0 Å². The summed E-state index contributed by atoms with van der Waals surface area (Å²) in [6.45, 7) is 0.192. The Labute approximate surface area is 84.4 Å². The van der Waals surface area contributed by atoms with Gasteiger partial charge in [-0.25, -0.2) is 0 Å². The van der Waals surface area contributed by atoms with E-state index in [-0.39, 0.29) is 12.5 Å². The van der Waals surface area contributed by atoms with Crippen molar-refractivity contribution >= 4 is 0 Å². The van der Waals surface area contributed by atoms with Crippen LogP contribution >= 0.6 is 0 Å². The summed E-state index contributed by atoms with van der Waals surface area (Å²) in [6, 6.07) is 10.2. The first-order chi connectivity index (χ1) is 6.92. The third-order valence-electron chi connectivity index (χ3n) is 2.63. The number of hydrogen-bond acceptors (Lipinski definition) is 1. The molecule has 1 N–H and O–H groups in total. The summed E-state index contributed by atoms with van der Waals surface area (Å²) in [7, 11) is 0. The molecule has 1 atom stereocenters. The van der Waals surface area contributed by atoms with Crippen LogP contribution in [0.15, 0.2) is 54.1 Å². The highest BCUT2D eigenvalue weighted by Gasteiger charge is 2.15. The largest absolute Gasteiger partial charge is 0.395 e. The monoisotopic (exact) mass is 186 g/mol. The van der Waals surface area contributed by atoms with Crippen LogP contribution in [0.3, 0.4) is 0 Å². The summed E-state index contributed by atoms with van der Waals surface area (Å²) in [6.07, 6.45) is 7.26. The van der Waals surface area contributed by atoms with Crippen molar-refractivity contribution in [1.29, 1.82) is 0 Å². The molecule has 0 fully saturated rings. The molecular weight excluding hydrogens is 172 g/mol. The Balaban J connectivity index is 2.22. The molecule has 1 aromatic rings. The molecule has 1 aromatic carbocycles.